The van der Waals surface area contributed by atoms with Crippen LogP contribution in [0.1, 0.15) is 41.3 Å². The first-order chi connectivity index (χ1) is 12.3. The molecule has 3 rings (SSSR count). The normalized spacial score (nSPS) is 14.7. The molecule has 2 heterocycles. The minimum atomic E-state index is -0.544. The Hall–Kier alpha value is -2.89. The smallest absolute Gasteiger partial charge is 0.289 e. The maximum atomic E-state index is 13.2. The van der Waals surface area contributed by atoms with Crippen LogP contribution in [0.2, 0.25) is 0 Å². The highest BCUT2D eigenvalue weighted by Gasteiger charge is 2.36. The Kier molecular flexibility index (Phi) is 4.68. The summed E-state index contributed by atoms with van der Waals surface area (Å²) in [5, 5.41) is 10.0. The second-order valence-corrected chi connectivity index (χ2v) is 6.70. The Morgan fingerprint density at radius 3 is 2.65 bits per heavy atom. The molecule has 1 aliphatic rings. The van der Waals surface area contributed by atoms with E-state index >= 15 is 0 Å². The summed E-state index contributed by atoms with van der Waals surface area (Å²) >= 11 is 0. The summed E-state index contributed by atoms with van der Waals surface area (Å²) in [4.78, 5) is 26.0. The number of furan rings is 1. The minimum Gasteiger partial charge on any atom is -0.503 e. The van der Waals surface area contributed by atoms with Crippen LogP contribution in [0.4, 0.5) is 4.39 Å². The zero-order chi connectivity index (χ0) is 19.0. The van der Waals surface area contributed by atoms with Crippen LogP contribution in [0, 0.1) is 12.7 Å². The fourth-order valence-electron chi connectivity index (χ4n) is 2.97. The van der Waals surface area contributed by atoms with E-state index in [0.29, 0.717) is 12.2 Å². The molecule has 26 heavy (non-hydrogen) atoms. The Bertz CT molecular complexity index is 910. The number of hydrogen-bond donors (Lipinski definition) is 1. The van der Waals surface area contributed by atoms with E-state index in [2.05, 4.69) is 0 Å². The number of hydrogen-bond acceptors (Lipinski definition) is 4. The molecule has 2 aromatic rings. The second-order valence-electron chi connectivity index (χ2n) is 6.70. The molecule has 1 N–H and O–H groups in total. The third-order valence-electron chi connectivity index (χ3n) is 4.53. The number of aliphatic hydroxyl groups is 1. The number of Topliss-reactive ketones (excluding diaryl/α,β-unsaturated/α-hetero) is 1. The third-order valence-corrected chi connectivity index (χ3v) is 4.53. The Morgan fingerprint density at radius 2 is 2.04 bits per heavy atom. The minimum absolute atomic E-state index is 0.0440. The number of rotatable bonds is 5. The van der Waals surface area contributed by atoms with Crippen molar-refractivity contribution in [2.75, 3.05) is 6.54 Å². The molecular weight excluding hydrogens is 337 g/mol. The highest BCUT2D eigenvalue weighted by atomic mass is 19.1. The molecule has 0 spiro atoms. The number of carbonyl (C=O) groups is 2. The first kappa shape index (κ1) is 17.9. The lowest BCUT2D eigenvalue weighted by Crippen LogP contribution is -2.34. The first-order valence-electron chi connectivity index (χ1n) is 8.39. The van der Waals surface area contributed by atoms with Gasteiger partial charge in [-0.05, 0) is 56.2 Å². The lowest BCUT2D eigenvalue weighted by atomic mass is 10.0. The maximum Gasteiger partial charge on any atom is 0.289 e. The lowest BCUT2D eigenvalue weighted by molar-refractivity contribution is -0.129. The van der Waals surface area contributed by atoms with Crippen LogP contribution < -0.4 is 0 Å². The molecule has 1 aromatic heterocycles. The van der Waals surface area contributed by atoms with Crippen molar-refractivity contribution < 1.29 is 23.5 Å². The van der Waals surface area contributed by atoms with Crippen molar-refractivity contribution in [3.63, 3.8) is 0 Å². The molecule has 0 unspecified atom stereocenters. The first-order valence-corrected chi connectivity index (χ1v) is 8.39. The highest BCUT2D eigenvalue weighted by Crippen LogP contribution is 2.25. The van der Waals surface area contributed by atoms with Crippen LogP contribution in [0.5, 0.6) is 0 Å². The molecule has 0 saturated heterocycles. The summed E-state index contributed by atoms with van der Waals surface area (Å²) in [6.45, 7) is 5.50. The van der Waals surface area contributed by atoms with Gasteiger partial charge in [-0.3, -0.25) is 9.59 Å². The van der Waals surface area contributed by atoms with Gasteiger partial charge >= 0.3 is 0 Å². The summed E-state index contributed by atoms with van der Waals surface area (Å²) in [7, 11) is 0. The number of benzene rings is 1. The number of ketones is 1. The molecule has 0 atom stereocenters. The Labute approximate surface area is 150 Å². The Balaban J connectivity index is 1.79. The van der Waals surface area contributed by atoms with Gasteiger partial charge in [0.1, 0.15) is 11.6 Å². The van der Waals surface area contributed by atoms with Crippen molar-refractivity contribution in [3.8, 4) is 0 Å². The van der Waals surface area contributed by atoms with Gasteiger partial charge in [-0.1, -0.05) is 6.07 Å². The van der Waals surface area contributed by atoms with E-state index in [4.69, 9.17) is 4.42 Å². The van der Waals surface area contributed by atoms with Crippen molar-refractivity contribution >= 4 is 11.7 Å². The van der Waals surface area contributed by atoms with E-state index in [0.717, 1.165) is 11.1 Å². The molecule has 0 bridgehead atoms. The van der Waals surface area contributed by atoms with Crippen LogP contribution >= 0.6 is 0 Å². The van der Waals surface area contributed by atoms with Gasteiger partial charge in [-0.2, -0.15) is 0 Å². The fourth-order valence-corrected chi connectivity index (χ4v) is 2.97. The number of carbonyl (C=O) groups excluding carboxylic acids is 2. The average Bonchev–Trinajstić information content (AvgIpc) is 3.16. The molecule has 5 nitrogen and oxygen atoms in total. The number of aryl methyl sites for hydroxylation is 1. The van der Waals surface area contributed by atoms with Crippen LogP contribution in [-0.4, -0.2) is 34.3 Å². The number of aliphatic hydroxyl groups excluding tert-OH is 1. The van der Waals surface area contributed by atoms with E-state index in [9.17, 15) is 19.1 Å². The van der Waals surface area contributed by atoms with Gasteiger partial charge in [0.25, 0.3) is 5.91 Å². The van der Waals surface area contributed by atoms with Gasteiger partial charge in [-0.15, -0.1) is 0 Å². The zero-order valence-electron chi connectivity index (χ0n) is 14.9. The van der Waals surface area contributed by atoms with Gasteiger partial charge in [-0.25, -0.2) is 4.39 Å². The largest absolute Gasteiger partial charge is 0.503 e. The molecule has 0 aliphatic carbocycles. The molecule has 0 radical (unpaired) electrons. The predicted octanol–water partition coefficient (Wildman–Crippen LogP) is 3.56. The quantitative estimate of drug-likeness (QED) is 0.831. The Morgan fingerprint density at radius 1 is 1.31 bits per heavy atom. The number of nitrogens with zero attached hydrogens (tertiary/aromatic N) is 1. The van der Waals surface area contributed by atoms with Crippen molar-refractivity contribution in [2.45, 2.75) is 33.2 Å². The second kappa shape index (κ2) is 6.78. The molecule has 0 fully saturated rings. The SMILES string of the molecule is Cc1cc(F)ccc1Cc1ccc(C(=O)C2=C(O)C(=O)N(C(C)C)C2)o1. The monoisotopic (exact) mass is 357 g/mol. The van der Waals surface area contributed by atoms with E-state index in [1.807, 2.05) is 13.8 Å². The summed E-state index contributed by atoms with van der Waals surface area (Å²) in [5.41, 5.74) is 1.73. The predicted molar refractivity (Wildman–Crippen MR) is 93.5 cm³/mol. The van der Waals surface area contributed by atoms with Crippen molar-refractivity contribution in [2.24, 2.45) is 0 Å². The fraction of sp³-hybridized carbons (Fsp3) is 0.300. The molecule has 1 amide bonds. The lowest BCUT2D eigenvalue weighted by Gasteiger charge is -2.20. The average molecular weight is 357 g/mol. The van der Waals surface area contributed by atoms with Crippen LogP contribution in [-0.2, 0) is 11.2 Å². The van der Waals surface area contributed by atoms with E-state index in [1.165, 1.54) is 23.1 Å². The van der Waals surface area contributed by atoms with Crippen molar-refractivity contribution in [1.82, 2.24) is 4.90 Å². The van der Waals surface area contributed by atoms with Gasteiger partial charge in [0.2, 0.25) is 5.78 Å². The molecular formula is C20H20FNO4. The summed E-state index contributed by atoms with van der Waals surface area (Å²) in [6, 6.07) is 7.58. The third kappa shape index (κ3) is 3.27. The van der Waals surface area contributed by atoms with E-state index in [-0.39, 0.29) is 29.7 Å². The summed E-state index contributed by atoms with van der Waals surface area (Å²) in [6.07, 6.45) is 0.418. The standard InChI is InChI=1S/C20H20FNO4/c1-11(2)22-10-16(19(24)20(22)25)18(23)17-7-6-15(26-17)9-13-4-5-14(21)8-12(13)3/h4-8,11,24H,9-10H2,1-3H3. The summed E-state index contributed by atoms with van der Waals surface area (Å²) in [5.74, 6) is -1.24. The van der Waals surface area contributed by atoms with Crippen molar-refractivity contribution in [3.05, 3.63) is 70.1 Å². The number of amides is 1. The van der Waals surface area contributed by atoms with E-state index < -0.39 is 17.4 Å². The van der Waals surface area contributed by atoms with Crippen LogP contribution in [0.3, 0.4) is 0 Å². The van der Waals surface area contributed by atoms with Gasteiger partial charge in [0, 0.05) is 12.5 Å². The topological polar surface area (TPSA) is 70.8 Å². The summed E-state index contributed by atoms with van der Waals surface area (Å²) < 4.78 is 18.8. The zero-order valence-corrected chi connectivity index (χ0v) is 14.9. The van der Waals surface area contributed by atoms with Crippen LogP contribution in [0.25, 0.3) is 0 Å². The van der Waals surface area contributed by atoms with E-state index in [1.54, 1.807) is 19.1 Å². The molecule has 1 aliphatic heterocycles. The maximum absolute atomic E-state index is 13.2. The number of halogens is 1. The van der Waals surface area contributed by atoms with Crippen molar-refractivity contribution in [1.29, 1.82) is 0 Å². The molecule has 136 valence electrons. The van der Waals surface area contributed by atoms with Crippen LogP contribution in [0.15, 0.2) is 46.1 Å². The molecule has 6 heteroatoms. The highest BCUT2D eigenvalue weighted by molar-refractivity contribution is 6.14. The molecule has 0 saturated carbocycles. The van der Waals surface area contributed by atoms with Gasteiger partial charge < -0.3 is 14.4 Å². The van der Waals surface area contributed by atoms with Gasteiger partial charge in [0.15, 0.2) is 11.5 Å². The molecule has 1 aromatic carbocycles. The van der Waals surface area contributed by atoms with Gasteiger partial charge in [0.05, 0.1) is 12.1 Å².